The summed E-state index contributed by atoms with van der Waals surface area (Å²) in [6.45, 7) is 1.13. The van der Waals surface area contributed by atoms with E-state index in [1.165, 1.54) is 11.8 Å². The second-order valence-corrected chi connectivity index (χ2v) is 11.4. The Labute approximate surface area is 200 Å². The second kappa shape index (κ2) is 9.76. The van der Waals surface area contributed by atoms with Crippen molar-refractivity contribution >= 4 is 33.1 Å². The largest absolute Gasteiger partial charge is 0.411 e. The molecule has 0 bridgehead atoms. The van der Waals surface area contributed by atoms with Gasteiger partial charge in [0, 0.05) is 35.3 Å². The van der Waals surface area contributed by atoms with Crippen LogP contribution in [0.5, 0.6) is 0 Å². The molecule has 7 nitrogen and oxygen atoms in total. The number of nitrogens with zero attached hydrogens (tertiary/aromatic N) is 4. The summed E-state index contributed by atoms with van der Waals surface area (Å²) in [6.07, 6.45) is 2.87. The van der Waals surface area contributed by atoms with Crippen LogP contribution in [0.25, 0.3) is 22.0 Å². The van der Waals surface area contributed by atoms with Crippen LogP contribution in [-0.2, 0) is 15.8 Å². The normalized spacial score (nSPS) is 15.0. The van der Waals surface area contributed by atoms with Crippen LogP contribution in [0.4, 0.5) is 0 Å². The second-order valence-electron chi connectivity index (χ2n) is 7.66. The molecule has 170 valence electrons. The van der Waals surface area contributed by atoms with Gasteiger partial charge in [0.2, 0.25) is 15.9 Å². The summed E-state index contributed by atoms with van der Waals surface area (Å²) in [6, 6.07) is 16.8. The topological polar surface area (TPSA) is 89.2 Å². The maximum atomic E-state index is 13.0. The molecular weight excluding hydrogens is 476 g/mol. The minimum absolute atomic E-state index is 0.255. The zero-order valence-corrected chi connectivity index (χ0v) is 20.2. The lowest BCUT2D eigenvalue weighted by atomic mass is 10.2. The number of thiazole rings is 1. The lowest BCUT2D eigenvalue weighted by molar-refractivity contribution is 0.346. The first kappa shape index (κ1) is 22.3. The van der Waals surface area contributed by atoms with Crippen molar-refractivity contribution in [2.24, 2.45) is 0 Å². The SMILES string of the molecule is O=S(=O)(c1cccc(-c2nnc(SCc3csc(-c4ccccc4)n3)o2)c1)N1CCCCC1. The minimum Gasteiger partial charge on any atom is -0.411 e. The predicted molar refractivity (Wildman–Crippen MR) is 129 cm³/mol. The molecule has 0 atom stereocenters. The van der Waals surface area contributed by atoms with E-state index in [1.807, 2.05) is 35.7 Å². The fourth-order valence-corrected chi connectivity index (χ4v) is 6.80. The Kier molecular flexibility index (Phi) is 6.59. The van der Waals surface area contributed by atoms with Crippen molar-refractivity contribution in [3.8, 4) is 22.0 Å². The Hall–Kier alpha value is -2.53. The van der Waals surface area contributed by atoms with E-state index in [-0.39, 0.29) is 4.90 Å². The highest BCUT2D eigenvalue weighted by Gasteiger charge is 2.26. The van der Waals surface area contributed by atoms with E-state index >= 15 is 0 Å². The molecule has 0 N–H and O–H groups in total. The fraction of sp³-hybridized carbons (Fsp3) is 0.261. The van der Waals surface area contributed by atoms with Crippen molar-refractivity contribution in [3.63, 3.8) is 0 Å². The van der Waals surface area contributed by atoms with Gasteiger partial charge in [-0.2, -0.15) is 4.31 Å². The van der Waals surface area contributed by atoms with Crippen LogP contribution >= 0.6 is 23.1 Å². The third-order valence-corrected chi connectivity index (χ3v) is 9.04. The smallest absolute Gasteiger partial charge is 0.277 e. The van der Waals surface area contributed by atoms with E-state index in [9.17, 15) is 8.42 Å². The van der Waals surface area contributed by atoms with Crippen molar-refractivity contribution in [1.29, 1.82) is 0 Å². The molecule has 0 radical (unpaired) electrons. The van der Waals surface area contributed by atoms with Crippen LogP contribution < -0.4 is 0 Å². The molecule has 4 aromatic rings. The molecular formula is C23H22N4O3S3. The molecule has 1 aliphatic rings. The molecule has 10 heteroatoms. The van der Waals surface area contributed by atoms with Gasteiger partial charge < -0.3 is 4.42 Å². The highest BCUT2D eigenvalue weighted by Crippen LogP contribution is 2.30. The van der Waals surface area contributed by atoms with Crippen LogP contribution in [-0.4, -0.2) is 41.0 Å². The van der Waals surface area contributed by atoms with Gasteiger partial charge in [0.25, 0.3) is 5.22 Å². The van der Waals surface area contributed by atoms with E-state index in [0.717, 1.165) is 35.5 Å². The molecule has 33 heavy (non-hydrogen) atoms. The number of hydrogen-bond donors (Lipinski definition) is 0. The average molecular weight is 499 g/mol. The van der Waals surface area contributed by atoms with Crippen LogP contribution in [0.2, 0.25) is 0 Å². The molecule has 1 aliphatic heterocycles. The quantitative estimate of drug-likeness (QED) is 0.318. The first-order valence-corrected chi connectivity index (χ1v) is 14.0. The molecule has 1 fully saturated rings. The van der Waals surface area contributed by atoms with E-state index < -0.39 is 10.0 Å². The van der Waals surface area contributed by atoms with Gasteiger partial charge in [0.1, 0.15) is 5.01 Å². The van der Waals surface area contributed by atoms with Crippen molar-refractivity contribution in [3.05, 3.63) is 65.7 Å². The molecule has 0 unspecified atom stereocenters. The Morgan fingerprint density at radius 2 is 1.76 bits per heavy atom. The van der Waals surface area contributed by atoms with Gasteiger partial charge in [-0.25, -0.2) is 13.4 Å². The van der Waals surface area contributed by atoms with E-state index in [1.54, 1.807) is 39.9 Å². The summed E-state index contributed by atoms with van der Waals surface area (Å²) >= 11 is 3.01. The molecule has 3 heterocycles. The zero-order chi connectivity index (χ0) is 22.7. The molecule has 2 aromatic carbocycles. The van der Waals surface area contributed by atoms with E-state index in [4.69, 9.17) is 4.42 Å². The van der Waals surface area contributed by atoms with Gasteiger partial charge in [-0.15, -0.1) is 21.5 Å². The van der Waals surface area contributed by atoms with E-state index in [0.29, 0.717) is 35.5 Å². The third kappa shape index (κ3) is 5.03. The molecule has 5 rings (SSSR count). The van der Waals surface area contributed by atoms with Gasteiger partial charge >= 0.3 is 0 Å². The van der Waals surface area contributed by atoms with Crippen molar-refractivity contribution in [2.45, 2.75) is 35.1 Å². The highest BCUT2D eigenvalue weighted by atomic mass is 32.2. The van der Waals surface area contributed by atoms with Crippen LogP contribution in [0.3, 0.4) is 0 Å². The number of benzene rings is 2. The lowest BCUT2D eigenvalue weighted by Crippen LogP contribution is -2.35. The monoisotopic (exact) mass is 498 g/mol. The Bertz CT molecular complexity index is 1330. The molecule has 2 aromatic heterocycles. The Morgan fingerprint density at radius 1 is 0.970 bits per heavy atom. The Balaban J connectivity index is 1.27. The average Bonchev–Trinajstić information content (AvgIpc) is 3.54. The fourth-order valence-electron chi connectivity index (χ4n) is 3.65. The predicted octanol–water partition coefficient (Wildman–Crippen LogP) is 5.33. The number of sulfonamides is 1. The maximum Gasteiger partial charge on any atom is 0.277 e. The first-order chi connectivity index (χ1) is 16.1. The number of aromatic nitrogens is 3. The van der Waals surface area contributed by atoms with E-state index in [2.05, 4.69) is 15.2 Å². The summed E-state index contributed by atoms with van der Waals surface area (Å²) in [7, 11) is -3.52. The summed E-state index contributed by atoms with van der Waals surface area (Å²) < 4.78 is 33.3. The van der Waals surface area contributed by atoms with Crippen LogP contribution in [0.15, 0.2) is 74.5 Å². The number of hydrogen-bond acceptors (Lipinski definition) is 8. The maximum absolute atomic E-state index is 13.0. The minimum atomic E-state index is -3.52. The highest BCUT2D eigenvalue weighted by molar-refractivity contribution is 7.98. The summed E-state index contributed by atoms with van der Waals surface area (Å²) in [5.74, 6) is 0.908. The van der Waals surface area contributed by atoms with Crippen molar-refractivity contribution in [2.75, 3.05) is 13.1 Å². The van der Waals surface area contributed by atoms with Crippen molar-refractivity contribution in [1.82, 2.24) is 19.5 Å². The third-order valence-electron chi connectivity index (χ3n) is 5.36. The van der Waals surface area contributed by atoms with Gasteiger partial charge in [0.15, 0.2) is 0 Å². The Morgan fingerprint density at radius 3 is 2.58 bits per heavy atom. The summed E-state index contributed by atoms with van der Waals surface area (Å²) in [5, 5.41) is 11.7. The van der Waals surface area contributed by atoms with Gasteiger partial charge in [0.05, 0.1) is 10.6 Å². The van der Waals surface area contributed by atoms with Gasteiger partial charge in [-0.05, 0) is 31.0 Å². The molecule has 0 aliphatic carbocycles. The molecule has 0 spiro atoms. The van der Waals surface area contributed by atoms with Gasteiger partial charge in [-0.3, -0.25) is 0 Å². The first-order valence-electron chi connectivity index (χ1n) is 10.7. The summed E-state index contributed by atoms with van der Waals surface area (Å²) in [4.78, 5) is 4.93. The number of rotatable bonds is 7. The summed E-state index contributed by atoms with van der Waals surface area (Å²) in [5.41, 5.74) is 2.63. The number of piperidine rings is 1. The van der Waals surface area contributed by atoms with Crippen LogP contribution in [0.1, 0.15) is 25.0 Å². The lowest BCUT2D eigenvalue weighted by Gasteiger charge is -2.25. The van der Waals surface area contributed by atoms with Crippen molar-refractivity contribution < 1.29 is 12.8 Å². The van der Waals surface area contributed by atoms with Crippen LogP contribution in [0, 0.1) is 0 Å². The standard InChI is InChI=1S/C23H22N4O3S3/c28-33(29,27-12-5-2-6-13-27)20-11-7-10-18(14-20)21-25-26-23(30-21)32-16-19-15-31-22(24-19)17-8-3-1-4-9-17/h1,3-4,7-11,14-15H,2,5-6,12-13,16H2. The number of thioether (sulfide) groups is 1. The molecule has 0 amide bonds. The zero-order valence-electron chi connectivity index (χ0n) is 17.8. The molecule has 0 saturated carbocycles. The molecule has 1 saturated heterocycles. The van der Waals surface area contributed by atoms with Gasteiger partial charge in [-0.1, -0.05) is 54.6 Å².